The smallest absolute Gasteiger partial charge is 0.331 e. The van der Waals surface area contributed by atoms with Crippen molar-refractivity contribution in [3.8, 4) is 11.5 Å². The maximum atomic E-state index is 13.3. The summed E-state index contributed by atoms with van der Waals surface area (Å²) in [5, 5.41) is 10.8. The molecule has 31 heavy (non-hydrogen) atoms. The minimum absolute atomic E-state index is 0.0667. The van der Waals surface area contributed by atoms with Gasteiger partial charge in [0.25, 0.3) is 5.56 Å². The highest BCUT2D eigenvalue weighted by atomic mass is 16.5. The molecule has 0 saturated carbocycles. The van der Waals surface area contributed by atoms with Crippen molar-refractivity contribution < 1.29 is 9.84 Å². The van der Waals surface area contributed by atoms with E-state index >= 15 is 0 Å². The summed E-state index contributed by atoms with van der Waals surface area (Å²) in [7, 11) is 1.59. The monoisotopic (exact) mass is 416 g/mol. The van der Waals surface area contributed by atoms with Crippen molar-refractivity contribution in [3.05, 3.63) is 105 Å². The van der Waals surface area contributed by atoms with Crippen LogP contribution in [0.25, 0.3) is 10.9 Å². The van der Waals surface area contributed by atoms with Crippen molar-refractivity contribution in [1.82, 2.24) is 9.13 Å². The van der Waals surface area contributed by atoms with E-state index in [0.29, 0.717) is 24.1 Å². The van der Waals surface area contributed by atoms with E-state index in [-0.39, 0.29) is 17.8 Å². The molecule has 0 aliphatic carbocycles. The van der Waals surface area contributed by atoms with E-state index in [9.17, 15) is 14.7 Å². The maximum absolute atomic E-state index is 13.3. The number of phenolic OH excluding ortho intramolecular Hbond substituents is 1. The van der Waals surface area contributed by atoms with Crippen LogP contribution < -0.4 is 16.0 Å². The Morgan fingerprint density at radius 1 is 0.839 bits per heavy atom. The fourth-order valence-corrected chi connectivity index (χ4v) is 3.81. The van der Waals surface area contributed by atoms with Crippen LogP contribution in [0.2, 0.25) is 0 Å². The Hall–Kier alpha value is -3.80. The van der Waals surface area contributed by atoms with Gasteiger partial charge in [-0.3, -0.25) is 13.9 Å². The van der Waals surface area contributed by atoms with Gasteiger partial charge in [-0.2, -0.15) is 0 Å². The fourth-order valence-electron chi connectivity index (χ4n) is 3.81. The molecule has 0 aliphatic rings. The average molecular weight is 416 g/mol. The molecule has 1 heterocycles. The molecule has 0 saturated heterocycles. The second-order valence-corrected chi connectivity index (χ2v) is 7.44. The predicted octanol–water partition coefficient (Wildman–Crippen LogP) is 3.56. The second-order valence-electron chi connectivity index (χ2n) is 7.44. The molecular formula is C25H24N2O4. The number of aromatic hydroxyl groups is 1. The SMILES string of the molecule is COc1ccc(Cn2c(=O)c3cccc(O)c3n(CCCc3ccccc3)c2=O)cc1. The van der Waals surface area contributed by atoms with Gasteiger partial charge in [0.2, 0.25) is 0 Å². The van der Waals surface area contributed by atoms with Gasteiger partial charge < -0.3 is 9.84 Å². The largest absolute Gasteiger partial charge is 0.506 e. The van der Waals surface area contributed by atoms with Crippen molar-refractivity contribution in [2.24, 2.45) is 0 Å². The van der Waals surface area contributed by atoms with Crippen LogP contribution in [0.3, 0.4) is 0 Å². The molecule has 1 aromatic heterocycles. The van der Waals surface area contributed by atoms with Gasteiger partial charge in [-0.25, -0.2) is 4.79 Å². The third-order valence-corrected chi connectivity index (χ3v) is 5.41. The number of phenols is 1. The highest BCUT2D eigenvalue weighted by Crippen LogP contribution is 2.21. The molecule has 4 rings (SSSR count). The number of aryl methyl sites for hydroxylation is 2. The average Bonchev–Trinajstić information content (AvgIpc) is 2.80. The molecule has 3 aromatic carbocycles. The normalized spacial score (nSPS) is 11.0. The lowest BCUT2D eigenvalue weighted by atomic mass is 10.1. The number of hydrogen-bond acceptors (Lipinski definition) is 4. The number of aromatic nitrogens is 2. The van der Waals surface area contributed by atoms with Gasteiger partial charge in [0.05, 0.1) is 19.0 Å². The molecule has 4 aromatic rings. The number of para-hydroxylation sites is 1. The first-order valence-electron chi connectivity index (χ1n) is 10.2. The van der Waals surface area contributed by atoms with Crippen LogP contribution in [-0.2, 0) is 19.5 Å². The fraction of sp³-hybridized carbons (Fsp3) is 0.200. The molecule has 0 fully saturated rings. The van der Waals surface area contributed by atoms with E-state index in [1.165, 1.54) is 20.8 Å². The van der Waals surface area contributed by atoms with Crippen LogP contribution in [0.5, 0.6) is 11.5 Å². The molecule has 0 radical (unpaired) electrons. The zero-order valence-electron chi connectivity index (χ0n) is 17.3. The summed E-state index contributed by atoms with van der Waals surface area (Å²) >= 11 is 0. The summed E-state index contributed by atoms with van der Waals surface area (Å²) in [4.78, 5) is 26.4. The second kappa shape index (κ2) is 8.92. The van der Waals surface area contributed by atoms with Crippen molar-refractivity contribution in [2.45, 2.75) is 25.9 Å². The lowest BCUT2D eigenvalue weighted by Gasteiger charge is -2.15. The lowest BCUT2D eigenvalue weighted by molar-refractivity contribution is 0.414. The molecule has 0 unspecified atom stereocenters. The minimum Gasteiger partial charge on any atom is -0.506 e. The first kappa shape index (κ1) is 20.5. The molecular weight excluding hydrogens is 392 g/mol. The zero-order chi connectivity index (χ0) is 21.8. The number of fused-ring (bicyclic) bond motifs is 1. The van der Waals surface area contributed by atoms with Crippen LogP contribution in [-0.4, -0.2) is 21.4 Å². The van der Waals surface area contributed by atoms with Gasteiger partial charge in [0, 0.05) is 6.54 Å². The Kier molecular flexibility index (Phi) is 5.89. The maximum Gasteiger partial charge on any atom is 0.331 e. The molecule has 1 N–H and O–H groups in total. The molecule has 6 nitrogen and oxygen atoms in total. The summed E-state index contributed by atoms with van der Waals surface area (Å²) in [6, 6.07) is 22.1. The van der Waals surface area contributed by atoms with Crippen LogP contribution >= 0.6 is 0 Å². The van der Waals surface area contributed by atoms with Crippen LogP contribution in [0.1, 0.15) is 17.5 Å². The number of ether oxygens (including phenoxy) is 1. The quantitative estimate of drug-likeness (QED) is 0.500. The number of rotatable bonds is 7. The summed E-state index contributed by atoms with van der Waals surface area (Å²) in [6.45, 7) is 0.538. The number of benzene rings is 3. The zero-order valence-corrected chi connectivity index (χ0v) is 17.3. The molecule has 0 spiro atoms. The van der Waals surface area contributed by atoms with Crippen LogP contribution in [0, 0.1) is 0 Å². The molecule has 0 amide bonds. The highest BCUT2D eigenvalue weighted by molar-refractivity contribution is 5.83. The van der Waals surface area contributed by atoms with E-state index in [1.54, 1.807) is 31.4 Å². The van der Waals surface area contributed by atoms with Gasteiger partial charge in [0.15, 0.2) is 0 Å². The molecule has 0 aliphatic heterocycles. The van der Waals surface area contributed by atoms with E-state index in [4.69, 9.17) is 4.74 Å². The van der Waals surface area contributed by atoms with Crippen molar-refractivity contribution in [3.63, 3.8) is 0 Å². The van der Waals surface area contributed by atoms with Gasteiger partial charge >= 0.3 is 5.69 Å². The summed E-state index contributed by atoms with van der Waals surface area (Å²) in [6.07, 6.45) is 1.49. The van der Waals surface area contributed by atoms with E-state index in [0.717, 1.165) is 12.0 Å². The van der Waals surface area contributed by atoms with Crippen molar-refractivity contribution in [2.75, 3.05) is 7.11 Å². The van der Waals surface area contributed by atoms with E-state index in [1.807, 2.05) is 42.5 Å². The Morgan fingerprint density at radius 2 is 1.58 bits per heavy atom. The first-order chi connectivity index (χ1) is 15.1. The van der Waals surface area contributed by atoms with Crippen LogP contribution in [0.4, 0.5) is 0 Å². The Morgan fingerprint density at radius 3 is 2.29 bits per heavy atom. The van der Waals surface area contributed by atoms with Gasteiger partial charge in [0.1, 0.15) is 17.0 Å². The topological polar surface area (TPSA) is 73.5 Å². The third-order valence-electron chi connectivity index (χ3n) is 5.41. The van der Waals surface area contributed by atoms with Crippen molar-refractivity contribution in [1.29, 1.82) is 0 Å². The molecule has 0 bridgehead atoms. The van der Waals surface area contributed by atoms with E-state index in [2.05, 4.69) is 0 Å². The Bertz CT molecular complexity index is 1310. The Labute approximate surface area is 179 Å². The third kappa shape index (κ3) is 4.23. The van der Waals surface area contributed by atoms with Crippen LogP contribution in [0.15, 0.2) is 82.4 Å². The predicted molar refractivity (Wildman–Crippen MR) is 121 cm³/mol. The molecule has 158 valence electrons. The van der Waals surface area contributed by atoms with Gasteiger partial charge in [-0.1, -0.05) is 48.5 Å². The lowest BCUT2D eigenvalue weighted by Crippen LogP contribution is -2.40. The molecule has 0 atom stereocenters. The number of nitrogens with zero attached hydrogens (tertiary/aromatic N) is 2. The van der Waals surface area contributed by atoms with E-state index < -0.39 is 11.2 Å². The first-order valence-corrected chi connectivity index (χ1v) is 10.2. The summed E-state index contributed by atoms with van der Waals surface area (Å²) in [5.74, 6) is 0.640. The summed E-state index contributed by atoms with van der Waals surface area (Å²) in [5.41, 5.74) is 1.44. The Balaban J connectivity index is 1.74. The highest BCUT2D eigenvalue weighted by Gasteiger charge is 2.16. The standard InChI is InChI=1S/C25H24N2O4/c1-31-20-14-12-19(13-15-20)17-27-24(29)21-10-5-11-22(28)23(21)26(25(27)30)16-6-9-18-7-3-2-4-8-18/h2-5,7-8,10-15,28H,6,9,16-17H2,1H3. The molecule has 6 heteroatoms. The van der Waals surface area contributed by atoms with Crippen molar-refractivity contribution >= 4 is 10.9 Å². The number of methoxy groups -OCH3 is 1. The minimum atomic E-state index is -0.428. The summed E-state index contributed by atoms with van der Waals surface area (Å²) < 4.78 is 7.92. The number of hydrogen-bond donors (Lipinski definition) is 1. The van der Waals surface area contributed by atoms with Gasteiger partial charge in [-0.05, 0) is 48.2 Å². The van der Waals surface area contributed by atoms with Gasteiger partial charge in [-0.15, -0.1) is 0 Å².